The van der Waals surface area contributed by atoms with Crippen molar-refractivity contribution in [3.8, 4) is 17.1 Å². The van der Waals surface area contributed by atoms with Crippen LogP contribution >= 0.6 is 12.2 Å². The zero-order valence-corrected chi connectivity index (χ0v) is 21.5. The highest BCUT2D eigenvalue weighted by Gasteiger charge is 2.34. The Morgan fingerprint density at radius 3 is 2.60 bits per heavy atom. The number of nitrogens with one attached hydrogen (secondary N) is 1. The molecule has 7 nitrogen and oxygen atoms in total. The monoisotopic (exact) mass is 492 g/mol. The SMILES string of the molecule is CCOCCCN1C(=S)NC(c2ccc(OCC)cc2)C(c2nc(-c3cccc(C)c3)no2)=C1C. The number of benzene rings is 2. The lowest BCUT2D eigenvalue weighted by Gasteiger charge is -2.37. The number of ether oxygens (including phenoxy) is 2. The summed E-state index contributed by atoms with van der Waals surface area (Å²) in [6.07, 6.45) is 0.854. The molecular weight excluding hydrogens is 460 g/mol. The van der Waals surface area contributed by atoms with Gasteiger partial charge in [-0.05, 0) is 70.1 Å². The Morgan fingerprint density at radius 1 is 1.09 bits per heavy atom. The standard InChI is InChI=1S/C27H32N4O3S/c1-5-32-16-8-15-31-19(4)23(26-29-25(30-34-26)21-10-7-9-18(3)17-21)24(28-27(31)35)20-11-13-22(14-12-20)33-6-2/h7,9-14,17,24H,5-6,8,15-16H2,1-4H3,(H,28,35). The van der Waals surface area contributed by atoms with Gasteiger partial charge in [0.05, 0.1) is 18.2 Å². The van der Waals surface area contributed by atoms with Gasteiger partial charge in [0.1, 0.15) is 5.75 Å². The third-order valence-electron chi connectivity index (χ3n) is 5.93. The fraction of sp³-hybridized carbons (Fsp3) is 0.370. The van der Waals surface area contributed by atoms with Gasteiger partial charge < -0.3 is 24.2 Å². The highest BCUT2D eigenvalue weighted by atomic mass is 32.1. The molecule has 2 heterocycles. The molecule has 4 rings (SSSR count). The predicted octanol–water partition coefficient (Wildman–Crippen LogP) is 5.53. The Labute approximate surface area is 212 Å². The Kier molecular flexibility index (Phi) is 8.15. The average Bonchev–Trinajstić information content (AvgIpc) is 3.34. The van der Waals surface area contributed by atoms with Crippen molar-refractivity contribution in [2.45, 2.75) is 40.2 Å². The van der Waals surface area contributed by atoms with Crippen LogP contribution < -0.4 is 10.1 Å². The molecule has 3 aromatic rings. The summed E-state index contributed by atoms with van der Waals surface area (Å²) in [5, 5.41) is 8.46. The topological polar surface area (TPSA) is 72.7 Å². The number of aryl methyl sites for hydroxylation is 1. The largest absolute Gasteiger partial charge is 0.494 e. The molecule has 1 aliphatic rings. The first-order valence-corrected chi connectivity index (χ1v) is 12.4. The van der Waals surface area contributed by atoms with E-state index in [1.165, 1.54) is 0 Å². The second-order valence-electron chi connectivity index (χ2n) is 8.38. The lowest BCUT2D eigenvalue weighted by atomic mass is 9.94. The molecule has 0 bridgehead atoms. The Morgan fingerprint density at radius 2 is 1.89 bits per heavy atom. The summed E-state index contributed by atoms with van der Waals surface area (Å²) in [7, 11) is 0. The second kappa shape index (κ2) is 11.5. The van der Waals surface area contributed by atoms with Gasteiger partial charge in [0, 0.05) is 31.0 Å². The van der Waals surface area contributed by atoms with Crippen molar-refractivity contribution >= 4 is 22.9 Å². The van der Waals surface area contributed by atoms with Crippen LogP contribution in [0.4, 0.5) is 0 Å². The minimum absolute atomic E-state index is 0.230. The molecule has 1 atom stereocenters. The van der Waals surface area contributed by atoms with Gasteiger partial charge in [-0.2, -0.15) is 4.98 Å². The van der Waals surface area contributed by atoms with Crippen LogP contribution in [0.1, 0.15) is 50.3 Å². The van der Waals surface area contributed by atoms with E-state index in [1.54, 1.807) is 0 Å². The van der Waals surface area contributed by atoms with Crippen molar-refractivity contribution in [3.05, 3.63) is 71.2 Å². The van der Waals surface area contributed by atoms with E-state index in [0.29, 0.717) is 36.6 Å². The van der Waals surface area contributed by atoms with Crippen LogP contribution in [0.3, 0.4) is 0 Å². The third-order valence-corrected chi connectivity index (χ3v) is 6.27. The summed E-state index contributed by atoms with van der Waals surface area (Å²) in [4.78, 5) is 6.88. The molecule has 35 heavy (non-hydrogen) atoms. The zero-order chi connectivity index (χ0) is 24.8. The third kappa shape index (κ3) is 5.71. The summed E-state index contributed by atoms with van der Waals surface area (Å²) in [6, 6.07) is 15.9. The normalized spacial score (nSPS) is 15.9. The van der Waals surface area contributed by atoms with Crippen LogP contribution in [0, 0.1) is 6.92 Å². The fourth-order valence-corrected chi connectivity index (χ4v) is 4.55. The average molecular weight is 493 g/mol. The van der Waals surface area contributed by atoms with Gasteiger partial charge in [0.2, 0.25) is 5.82 Å². The molecule has 0 saturated heterocycles. The lowest BCUT2D eigenvalue weighted by molar-refractivity contribution is 0.141. The van der Waals surface area contributed by atoms with Gasteiger partial charge in [-0.25, -0.2) is 0 Å². The molecule has 0 spiro atoms. The van der Waals surface area contributed by atoms with Gasteiger partial charge in [-0.15, -0.1) is 0 Å². The van der Waals surface area contributed by atoms with E-state index in [2.05, 4.69) is 22.3 Å². The number of thiocarbonyl (C=S) groups is 1. The summed E-state index contributed by atoms with van der Waals surface area (Å²) >= 11 is 5.77. The molecule has 0 radical (unpaired) electrons. The van der Waals surface area contributed by atoms with Crippen LogP contribution in [0.15, 0.2) is 58.8 Å². The first-order chi connectivity index (χ1) is 17.0. The molecule has 1 N–H and O–H groups in total. The molecular formula is C27H32N4O3S. The Balaban J connectivity index is 1.72. The number of nitrogens with zero attached hydrogens (tertiary/aromatic N) is 3. The van der Waals surface area contributed by atoms with E-state index < -0.39 is 0 Å². The number of hydrogen-bond donors (Lipinski definition) is 1. The van der Waals surface area contributed by atoms with E-state index in [4.69, 9.17) is 31.2 Å². The smallest absolute Gasteiger partial charge is 0.258 e. The molecule has 2 aromatic carbocycles. The molecule has 1 unspecified atom stereocenters. The van der Waals surface area contributed by atoms with Gasteiger partial charge in [0.25, 0.3) is 5.89 Å². The van der Waals surface area contributed by atoms with Crippen molar-refractivity contribution in [3.63, 3.8) is 0 Å². The van der Waals surface area contributed by atoms with Crippen molar-refractivity contribution in [2.75, 3.05) is 26.4 Å². The second-order valence-corrected chi connectivity index (χ2v) is 8.77. The maximum Gasteiger partial charge on any atom is 0.258 e. The van der Waals surface area contributed by atoms with Gasteiger partial charge in [0.15, 0.2) is 5.11 Å². The van der Waals surface area contributed by atoms with Crippen LogP contribution in [-0.4, -0.2) is 46.5 Å². The minimum Gasteiger partial charge on any atom is -0.494 e. The van der Waals surface area contributed by atoms with E-state index in [9.17, 15) is 0 Å². The van der Waals surface area contributed by atoms with Crippen molar-refractivity contribution < 1.29 is 14.0 Å². The maximum absolute atomic E-state index is 5.83. The summed E-state index contributed by atoms with van der Waals surface area (Å²) < 4.78 is 17.0. The molecule has 0 aliphatic carbocycles. The van der Waals surface area contributed by atoms with Crippen molar-refractivity contribution in [2.24, 2.45) is 0 Å². The van der Waals surface area contributed by atoms with E-state index >= 15 is 0 Å². The van der Waals surface area contributed by atoms with Crippen molar-refractivity contribution in [1.82, 2.24) is 20.4 Å². The highest BCUT2D eigenvalue weighted by Crippen LogP contribution is 2.38. The molecule has 0 saturated carbocycles. The highest BCUT2D eigenvalue weighted by molar-refractivity contribution is 7.80. The number of rotatable bonds is 10. The number of aromatic nitrogens is 2. The zero-order valence-electron chi connectivity index (χ0n) is 20.7. The molecule has 184 valence electrons. The van der Waals surface area contributed by atoms with Crippen LogP contribution in [0.2, 0.25) is 0 Å². The van der Waals surface area contributed by atoms with Gasteiger partial charge in [-0.3, -0.25) is 0 Å². The van der Waals surface area contributed by atoms with Crippen molar-refractivity contribution in [1.29, 1.82) is 0 Å². The molecule has 1 aromatic heterocycles. The first-order valence-electron chi connectivity index (χ1n) is 12.0. The van der Waals surface area contributed by atoms with Crippen LogP contribution in [-0.2, 0) is 4.74 Å². The van der Waals surface area contributed by atoms with Gasteiger partial charge >= 0.3 is 0 Å². The maximum atomic E-state index is 5.83. The van der Waals surface area contributed by atoms with Gasteiger partial charge in [-0.1, -0.05) is 41.1 Å². The van der Waals surface area contributed by atoms with E-state index in [1.807, 2.05) is 69.3 Å². The fourth-order valence-electron chi connectivity index (χ4n) is 4.20. The molecule has 0 amide bonds. The molecule has 8 heteroatoms. The first kappa shape index (κ1) is 24.9. The Bertz CT molecular complexity index is 1190. The minimum atomic E-state index is -0.230. The Hall–Kier alpha value is -3.23. The summed E-state index contributed by atoms with van der Waals surface area (Å²) in [5.41, 5.74) is 4.99. The number of allylic oxidation sites excluding steroid dienone is 1. The van der Waals surface area contributed by atoms with E-state index in [-0.39, 0.29) is 6.04 Å². The summed E-state index contributed by atoms with van der Waals surface area (Å²) in [6.45, 7) is 10.8. The summed E-state index contributed by atoms with van der Waals surface area (Å²) in [5.74, 6) is 1.86. The predicted molar refractivity (Wildman–Crippen MR) is 141 cm³/mol. The quantitative estimate of drug-likeness (QED) is 0.292. The molecule has 0 fully saturated rings. The van der Waals surface area contributed by atoms with Crippen LogP contribution in [0.5, 0.6) is 5.75 Å². The lowest BCUT2D eigenvalue weighted by Crippen LogP contribution is -2.46. The van der Waals surface area contributed by atoms with E-state index in [0.717, 1.165) is 46.7 Å². The van der Waals surface area contributed by atoms with Crippen LogP contribution in [0.25, 0.3) is 17.0 Å². The molecule has 1 aliphatic heterocycles. The number of hydrogen-bond acceptors (Lipinski definition) is 6.